The van der Waals surface area contributed by atoms with Gasteiger partial charge in [-0.3, -0.25) is 4.90 Å². The number of nitrogens with zero attached hydrogens (tertiary/aromatic N) is 1. The van der Waals surface area contributed by atoms with Gasteiger partial charge in [-0.1, -0.05) is 12.7 Å². The lowest BCUT2D eigenvalue weighted by molar-refractivity contribution is -0.134. The number of carboxylic acid groups (broad SMARTS) is 1. The maximum absolute atomic E-state index is 11.1. The molecule has 1 rings (SSSR count). The summed E-state index contributed by atoms with van der Waals surface area (Å²) in [7, 11) is 0. The van der Waals surface area contributed by atoms with Crippen LogP contribution in [0, 0.1) is 5.92 Å². The number of carboxylic acids is 1. The molecule has 3 heteroatoms. The average Bonchev–Trinajstić information content (AvgIpc) is 2.21. The maximum Gasteiger partial charge on any atom is 0.331 e. The Labute approximate surface area is 110 Å². The lowest BCUT2D eigenvalue weighted by Crippen LogP contribution is -2.60. The Morgan fingerprint density at radius 2 is 1.78 bits per heavy atom. The van der Waals surface area contributed by atoms with E-state index < -0.39 is 5.97 Å². The minimum Gasteiger partial charge on any atom is -0.478 e. The Balaban J connectivity index is 3.01. The normalized spacial score (nSPS) is 23.6. The molecule has 0 saturated carbocycles. The van der Waals surface area contributed by atoms with Crippen LogP contribution in [-0.2, 0) is 4.79 Å². The number of carbonyl (C=O) groups is 1. The van der Waals surface area contributed by atoms with Gasteiger partial charge < -0.3 is 5.11 Å². The van der Waals surface area contributed by atoms with Crippen LogP contribution in [0.3, 0.4) is 0 Å². The molecule has 1 fully saturated rings. The van der Waals surface area contributed by atoms with Gasteiger partial charge >= 0.3 is 5.97 Å². The molecule has 0 aromatic heterocycles. The topological polar surface area (TPSA) is 40.5 Å². The van der Waals surface area contributed by atoms with E-state index in [0.717, 1.165) is 19.4 Å². The molecule has 1 aliphatic rings. The van der Waals surface area contributed by atoms with E-state index in [2.05, 4.69) is 45.8 Å². The quantitative estimate of drug-likeness (QED) is 0.616. The van der Waals surface area contributed by atoms with Crippen molar-refractivity contribution < 1.29 is 9.90 Å². The van der Waals surface area contributed by atoms with Crippen molar-refractivity contribution >= 4 is 5.97 Å². The number of hydrogen-bond acceptors (Lipinski definition) is 2. The SMILES string of the molecule is C=CCN1C(C)(C)CC(C(=C)C(=O)O)CC1(C)C. The molecule has 0 spiro atoms. The largest absolute Gasteiger partial charge is 0.478 e. The minimum absolute atomic E-state index is 0.0427. The molecule has 1 saturated heterocycles. The molecule has 0 aromatic rings. The van der Waals surface area contributed by atoms with Crippen LogP contribution in [0.5, 0.6) is 0 Å². The van der Waals surface area contributed by atoms with Gasteiger partial charge in [-0.05, 0) is 46.5 Å². The van der Waals surface area contributed by atoms with Crippen molar-refractivity contribution in [3.8, 4) is 0 Å². The number of rotatable bonds is 4. The van der Waals surface area contributed by atoms with E-state index in [0.29, 0.717) is 5.57 Å². The maximum atomic E-state index is 11.1. The second-order valence-electron chi connectivity index (χ2n) is 6.46. The van der Waals surface area contributed by atoms with E-state index in [4.69, 9.17) is 5.11 Å². The third-order valence-corrected chi connectivity index (χ3v) is 4.03. The van der Waals surface area contributed by atoms with Gasteiger partial charge in [0, 0.05) is 23.2 Å². The van der Waals surface area contributed by atoms with E-state index in [1.54, 1.807) is 0 Å². The molecule has 0 aromatic carbocycles. The fourth-order valence-corrected chi connectivity index (χ4v) is 3.36. The van der Waals surface area contributed by atoms with Crippen molar-refractivity contribution in [1.29, 1.82) is 0 Å². The first-order chi connectivity index (χ1) is 8.12. The van der Waals surface area contributed by atoms with Crippen LogP contribution in [0.2, 0.25) is 0 Å². The van der Waals surface area contributed by atoms with Crippen molar-refractivity contribution in [3.05, 3.63) is 24.8 Å². The third kappa shape index (κ3) is 2.83. The zero-order chi connectivity index (χ0) is 14.1. The van der Waals surface area contributed by atoms with Crippen molar-refractivity contribution in [2.75, 3.05) is 6.54 Å². The number of aliphatic carboxylic acids is 1. The molecule has 3 nitrogen and oxygen atoms in total. The summed E-state index contributed by atoms with van der Waals surface area (Å²) >= 11 is 0. The summed E-state index contributed by atoms with van der Waals surface area (Å²) in [5, 5.41) is 9.11. The van der Waals surface area contributed by atoms with Crippen LogP contribution >= 0.6 is 0 Å². The number of likely N-dealkylation sites (tertiary alicyclic amines) is 1. The average molecular weight is 251 g/mol. The molecular weight excluding hydrogens is 226 g/mol. The van der Waals surface area contributed by atoms with E-state index in [1.165, 1.54) is 0 Å². The first-order valence-corrected chi connectivity index (χ1v) is 6.42. The van der Waals surface area contributed by atoms with Gasteiger partial charge in [0.25, 0.3) is 0 Å². The van der Waals surface area contributed by atoms with Crippen LogP contribution in [0.4, 0.5) is 0 Å². The highest BCUT2D eigenvalue weighted by Gasteiger charge is 2.45. The molecule has 0 radical (unpaired) electrons. The van der Waals surface area contributed by atoms with E-state index in [1.807, 2.05) is 6.08 Å². The lowest BCUT2D eigenvalue weighted by Gasteiger charge is -2.55. The van der Waals surface area contributed by atoms with Crippen LogP contribution in [0.1, 0.15) is 40.5 Å². The highest BCUT2D eigenvalue weighted by atomic mass is 16.4. The molecule has 0 bridgehead atoms. The Bertz CT molecular complexity index is 351. The molecule has 1 N–H and O–H groups in total. The zero-order valence-electron chi connectivity index (χ0n) is 12.0. The van der Waals surface area contributed by atoms with Crippen molar-refractivity contribution in [2.24, 2.45) is 5.92 Å². The van der Waals surface area contributed by atoms with Crippen molar-refractivity contribution in [1.82, 2.24) is 4.90 Å². The summed E-state index contributed by atoms with van der Waals surface area (Å²) in [6.07, 6.45) is 3.57. The van der Waals surface area contributed by atoms with Crippen LogP contribution in [0.15, 0.2) is 24.8 Å². The molecule has 1 aliphatic heterocycles. The minimum atomic E-state index is -0.872. The Morgan fingerprint density at radius 3 is 2.11 bits per heavy atom. The lowest BCUT2D eigenvalue weighted by atomic mass is 9.71. The molecule has 0 atom stereocenters. The molecule has 0 aliphatic carbocycles. The van der Waals surface area contributed by atoms with Crippen LogP contribution in [-0.4, -0.2) is 33.6 Å². The Hall–Kier alpha value is -1.09. The summed E-state index contributed by atoms with van der Waals surface area (Å²) < 4.78 is 0. The smallest absolute Gasteiger partial charge is 0.331 e. The van der Waals surface area contributed by atoms with Gasteiger partial charge in [0.2, 0.25) is 0 Å². The Morgan fingerprint density at radius 1 is 1.33 bits per heavy atom. The van der Waals surface area contributed by atoms with E-state index in [9.17, 15) is 4.79 Å². The van der Waals surface area contributed by atoms with Crippen molar-refractivity contribution in [2.45, 2.75) is 51.6 Å². The summed E-state index contributed by atoms with van der Waals surface area (Å²) in [5.74, 6) is -0.822. The van der Waals surface area contributed by atoms with Gasteiger partial charge in [-0.15, -0.1) is 6.58 Å². The molecule has 0 amide bonds. The van der Waals surface area contributed by atoms with Gasteiger partial charge in [0.1, 0.15) is 0 Å². The fourth-order valence-electron chi connectivity index (χ4n) is 3.36. The van der Waals surface area contributed by atoms with Gasteiger partial charge in [-0.25, -0.2) is 4.79 Å². The van der Waals surface area contributed by atoms with E-state index in [-0.39, 0.29) is 17.0 Å². The second kappa shape index (κ2) is 4.88. The molecule has 0 unspecified atom stereocenters. The van der Waals surface area contributed by atoms with Crippen molar-refractivity contribution in [3.63, 3.8) is 0 Å². The zero-order valence-corrected chi connectivity index (χ0v) is 12.0. The number of piperidine rings is 1. The summed E-state index contributed by atoms with van der Waals surface area (Å²) in [6.45, 7) is 17.0. The van der Waals surface area contributed by atoms with Gasteiger partial charge in [-0.2, -0.15) is 0 Å². The summed E-state index contributed by atoms with van der Waals surface area (Å²) in [6, 6.07) is 0. The molecular formula is C15H25NO2. The molecule has 102 valence electrons. The van der Waals surface area contributed by atoms with Gasteiger partial charge in [0.15, 0.2) is 0 Å². The predicted molar refractivity (Wildman–Crippen MR) is 74.6 cm³/mol. The highest BCUT2D eigenvalue weighted by Crippen LogP contribution is 2.43. The second-order valence-corrected chi connectivity index (χ2v) is 6.46. The fraction of sp³-hybridized carbons (Fsp3) is 0.667. The number of hydrogen-bond donors (Lipinski definition) is 1. The third-order valence-electron chi connectivity index (χ3n) is 4.03. The van der Waals surface area contributed by atoms with Crippen LogP contribution in [0.25, 0.3) is 0 Å². The van der Waals surface area contributed by atoms with Crippen LogP contribution < -0.4 is 0 Å². The summed E-state index contributed by atoms with van der Waals surface area (Å²) in [4.78, 5) is 13.5. The first kappa shape index (κ1) is 15.0. The molecule has 18 heavy (non-hydrogen) atoms. The molecule has 1 heterocycles. The Kier molecular flexibility index (Phi) is 4.06. The summed E-state index contributed by atoms with van der Waals surface area (Å²) in [5.41, 5.74) is 0.257. The first-order valence-electron chi connectivity index (χ1n) is 6.42. The van der Waals surface area contributed by atoms with Gasteiger partial charge in [0.05, 0.1) is 0 Å². The standard InChI is InChI=1S/C15H25NO2/c1-7-8-16-14(3,4)9-12(10-15(16,5)6)11(2)13(17)18/h7,12H,1-2,8-10H2,3-6H3,(H,17,18). The van der Waals surface area contributed by atoms with E-state index >= 15 is 0 Å². The predicted octanol–water partition coefficient (Wildman–Crippen LogP) is 3.08. The monoisotopic (exact) mass is 251 g/mol. The highest BCUT2D eigenvalue weighted by molar-refractivity contribution is 5.86.